The molecule has 0 unspecified atom stereocenters. The first-order chi connectivity index (χ1) is 12.5. The van der Waals surface area contributed by atoms with Gasteiger partial charge in [0.15, 0.2) is 0 Å². The molecule has 148 valence electrons. The molecule has 2 fully saturated rings. The molecule has 1 spiro atoms. The number of likely N-dealkylation sites (tertiary alicyclic amines) is 1. The molecular formula is C22H32N2O3. The quantitative estimate of drug-likeness (QED) is 0.789. The molecule has 1 aromatic rings. The van der Waals surface area contributed by atoms with Crippen LogP contribution >= 0.6 is 0 Å². The van der Waals surface area contributed by atoms with E-state index in [0.29, 0.717) is 19.0 Å². The summed E-state index contributed by atoms with van der Waals surface area (Å²) in [6, 6.07) is 8.12. The van der Waals surface area contributed by atoms with Gasteiger partial charge in [-0.1, -0.05) is 32.0 Å². The lowest BCUT2D eigenvalue weighted by molar-refractivity contribution is -0.140. The second-order valence-corrected chi connectivity index (χ2v) is 9.55. The summed E-state index contributed by atoms with van der Waals surface area (Å²) in [6.45, 7) is 11.3. The molecule has 0 bridgehead atoms. The number of anilines is 1. The highest BCUT2D eigenvalue weighted by Crippen LogP contribution is 2.52. The van der Waals surface area contributed by atoms with Gasteiger partial charge in [0.2, 0.25) is 5.91 Å². The number of nitrogens with zero attached hydrogens (tertiary/aromatic N) is 2. The second-order valence-electron chi connectivity index (χ2n) is 9.55. The van der Waals surface area contributed by atoms with Crippen LogP contribution in [0.4, 0.5) is 10.5 Å². The number of hydrogen-bond donors (Lipinski definition) is 0. The Morgan fingerprint density at radius 3 is 2.33 bits per heavy atom. The van der Waals surface area contributed by atoms with Gasteiger partial charge in [-0.25, -0.2) is 4.79 Å². The Bertz CT molecular complexity index is 721. The average Bonchev–Trinajstić information content (AvgIpc) is 2.49. The van der Waals surface area contributed by atoms with Crippen molar-refractivity contribution in [1.29, 1.82) is 0 Å². The molecule has 1 saturated carbocycles. The SMILES string of the molecule is CC(C)c1ccccc1N(C)C(=O)C1CC2(C1)CN(C(=O)OC(C)(C)C)C2. The topological polar surface area (TPSA) is 49.9 Å². The number of hydrogen-bond acceptors (Lipinski definition) is 3. The molecular weight excluding hydrogens is 340 g/mol. The predicted molar refractivity (Wildman–Crippen MR) is 107 cm³/mol. The Labute approximate surface area is 162 Å². The lowest BCUT2D eigenvalue weighted by atomic mass is 9.57. The molecule has 0 radical (unpaired) electrons. The van der Waals surface area contributed by atoms with E-state index in [-0.39, 0.29) is 23.3 Å². The smallest absolute Gasteiger partial charge is 0.410 e. The van der Waals surface area contributed by atoms with Crippen molar-refractivity contribution >= 4 is 17.7 Å². The Balaban J connectivity index is 1.55. The number of ether oxygens (including phenoxy) is 1. The van der Waals surface area contributed by atoms with Crippen LogP contribution in [0.3, 0.4) is 0 Å². The third-order valence-corrected chi connectivity index (χ3v) is 5.66. The fraction of sp³-hybridized carbons (Fsp3) is 0.636. The second kappa shape index (κ2) is 6.84. The molecule has 5 nitrogen and oxygen atoms in total. The van der Waals surface area contributed by atoms with E-state index in [9.17, 15) is 9.59 Å². The molecule has 1 saturated heterocycles. The summed E-state index contributed by atoms with van der Waals surface area (Å²) < 4.78 is 5.42. The molecule has 1 heterocycles. The molecule has 0 aromatic heterocycles. The Hall–Kier alpha value is -2.04. The molecule has 5 heteroatoms. The van der Waals surface area contributed by atoms with Gasteiger partial charge in [-0.15, -0.1) is 0 Å². The lowest BCUT2D eigenvalue weighted by Crippen LogP contribution is -2.65. The van der Waals surface area contributed by atoms with Crippen LogP contribution in [0, 0.1) is 11.3 Å². The van der Waals surface area contributed by atoms with Crippen LogP contribution in [0.1, 0.15) is 58.9 Å². The fourth-order valence-corrected chi connectivity index (χ4v) is 4.31. The first kappa shape index (κ1) is 19.7. The number of amides is 2. The molecule has 1 aromatic carbocycles. The van der Waals surface area contributed by atoms with Crippen molar-refractivity contribution in [3.8, 4) is 0 Å². The molecule has 2 amide bonds. The van der Waals surface area contributed by atoms with Gasteiger partial charge in [0.1, 0.15) is 5.60 Å². The van der Waals surface area contributed by atoms with Crippen molar-refractivity contribution in [2.45, 2.75) is 59.0 Å². The van der Waals surface area contributed by atoms with Gasteiger partial charge in [0.05, 0.1) is 0 Å². The van der Waals surface area contributed by atoms with Gasteiger partial charge in [0.25, 0.3) is 0 Å². The van der Waals surface area contributed by atoms with Crippen LogP contribution in [0.15, 0.2) is 24.3 Å². The van der Waals surface area contributed by atoms with Crippen LogP contribution in [0.5, 0.6) is 0 Å². The van der Waals surface area contributed by atoms with E-state index >= 15 is 0 Å². The summed E-state index contributed by atoms with van der Waals surface area (Å²) in [6.07, 6.45) is 1.48. The molecule has 0 N–H and O–H groups in total. The standard InChI is InChI=1S/C22H32N2O3/c1-15(2)17-9-7-8-10-18(17)23(6)19(25)16-11-22(12-16)13-24(14-22)20(26)27-21(3,4)5/h7-10,15-16H,11-14H2,1-6H3. The molecule has 1 aliphatic heterocycles. The van der Waals surface area contributed by atoms with Gasteiger partial charge in [-0.3, -0.25) is 4.79 Å². The third-order valence-electron chi connectivity index (χ3n) is 5.66. The Morgan fingerprint density at radius 2 is 1.78 bits per heavy atom. The minimum atomic E-state index is -0.468. The number of rotatable bonds is 3. The number of para-hydroxylation sites is 1. The molecule has 27 heavy (non-hydrogen) atoms. The van der Waals surface area contributed by atoms with Gasteiger partial charge in [-0.05, 0) is 51.2 Å². The van der Waals surface area contributed by atoms with Crippen molar-refractivity contribution in [3.05, 3.63) is 29.8 Å². The van der Waals surface area contributed by atoms with E-state index in [1.165, 1.54) is 5.56 Å². The minimum absolute atomic E-state index is 0.0519. The third kappa shape index (κ3) is 3.97. The Morgan fingerprint density at radius 1 is 1.19 bits per heavy atom. The van der Waals surface area contributed by atoms with Crippen molar-refractivity contribution in [1.82, 2.24) is 4.90 Å². The zero-order chi connectivity index (χ0) is 20.0. The summed E-state index contributed by atoms with van der Waals surface area (Å²) in [5, 5.41) is 0. The summed E-state index contributed by atoms with van der Waals surface area (Å²) in [4.78, 5) is 28.6. The zero-order valence-electron chi connectivity index (χ0n) is 17.4. The summed E-state index contributed by atoms with van der Waals surface area (Å²) >= 11 is 0. The maximum Gasteiger partial charge on any atom is 0.410 e. The van der Waals surface area contributed by atoms with Gasteiger partial charge < -0.3 is 14.5 Å². The van der Waals surface area contributed by atoms with Gasteiger partial charge in [-0.2, -0.15) is 0 Å². The summed E-state index contributed by atoms with van der Waals surface area (Å²) in [7, 11) is 1.88. The van der Waals surface area contributed by atoms with Crippen LogP contribution in [-0.2, 0) is 9.53 Å². The highest BCUT2D eigenvalue weighted by Gasteiger charge is 2.56. The largest absolute Gasteiger partial charge is 0.444 e. The van der Waals surface area contributed by atoms with E-state index in [0.717, 1.165) is 18.5 Å². The number of benzene rings is 1. The number of carbonyl (C=O) groups excluding carboxylic acids is 2. The van der Waals surface area contributed by atoms with Crippen LogP contribution in [0.2, 0.25) is 0 Å². The van der Waals surface area contributed by atoms with E-state index in [1.54, 1.807) is 4.90 Å². The van der Waals surface area contributed by atoms with Crippen LogP contribution < -0.4 is 4.90 Å². The highest BCUT2D eigenvalue weighted by atomic mass is 16.6. The van der Waals surface area contributed by atoms with E-state index in [4.69, 9.17) is 4.74 Å². The lowest BCUT2D eigenvalue weighted by Gasteiger charge is -2.58. The number of carbonyl (C=O) groups is 2. The highest BCUT2D eigenvalue weighted by molar-refractivity contribution is 5.96. The van der Waals surface area contributed by atoms with Crippen LogP contribution in [-0.4, -0.2) is 42.6 Å². The predicted octanol–water partition coefficient (Wildman–Crippen LogP) is 4.42. The first-order valence-corrected chi connectivity index (χ1v) is 9.86. The molecule has 3 rings (SSSR count). The van der Waals surface area contributed by atoms with E-state index in [2.05, 4.69) is 19.9 Å². The molecule has 0 atom stereocenters. The van der Waals surface area contributed by atoms with Crippen molar-refractivity contribution in [2.75, 3.05) is 25.0 Å². The normalized spacial score (nSPS) is 18.9. The van der Waals surface area contributed by atoms with Gasteiger partial charge >= 0.3 is 6.09 Å². The zero-order valence-corrected chi connectivity index (χ0v) is 17.4. The van der Waals surface area contributed by atoms with Gasteiger partial charge in [0, 0.05) is 37.2 Å². The van der Waals surface area contributed by atoms with E-state index < -0.39 is 5.60 Å². The minimum Gasteiger partial charge on any atom is -0.444 e. The first-order valence-electron chi connectivity index (χ1n) is 9.86. The Kier molecular flexibility index (Phi) is 5.00. The maximum absolute atomic E-state index is 13.0. The fourth-order valence-electron chi connectivity index (χ4n) is 4.31. The van der Waals surface area contributed by atoms with Crippen molar-refractivity contribution in [3.63, 3.8) is 0 Å². The van der Waals surface area contributed by atoms with Crippen molar-refractivity contribution < 1.29 is 14.3 Å². The molecule has 2 aliphatic rings. The average molecular weight is 373 g/mol. The monoisotopic (exact) mass is 372 g/mol. The van der Waals surface area contributed by atoms with Crippen molar-refractivity contribution in [2.24, 2.45) is 11.3 Å². The summed E-state index contributed by atoms with van der Waals surface area (Å²) in [5.74, 6) is 0.610. The summed E-state index contributed by atoms with van der Waals surface area (Å²) in [5.41, 5.74) is 1.85. The van der Waals surface area contributed by atoms with E-state index in [1.807, 2.05) is 50.9 Å². The molecule has 1 aliphatic carbocycles. The van der Waals surface area contributed by atoms with Crippen LogP contribution in [0.25, 0.3) is 0 Å². The maximum atomic E-state index is 13.0.